The molecule has 0 saturated carbocycles. The summed E-state index contributed by atoms with van der Waals surface area (Å²) in [5.74, 6) is 0.195. The number of hydrogen-bond acceptors (Lipinski definition) is 2. The summed E-state index contributed by atoms with van der Waals surface area (Å²) in [4.78, 5) is 4.47. The van der Waals surface area contributed by atoms with Crippen LogP contribution >= 0.6 is 47.2 Å². The number of guanidine groups is 1. The van der Waals surface area contributed by atoms with Gasteiger partial charge in [0.2, 0.25) is 0 Å². The van der Waals surface area contributed by atoms with Gasteiger partial charge in [-0.05, 0) is 42.3 Å². The molecule has 0 fully saturated rings. The number of nitrogens with one attached hydrogen (secondary N) is 2. The van der Waals surface area contributed by atoms with E-state index in [0.29, 0.717) is 35.6 Å². The van der Waals surface area contributed by atoms with E-state index in [1.54, 1.807) is 24.3 Å². The van der Waals surface area contributed by atoms with Crippen LogP contribution in [0.5, 0.6) is 0 Å². The summed E-state index contributed by atoms with van der Waals surface area (Å²) < 4.78 is 13.4. The number of aliphatic imine (C=N–C) groups is 1. The van der Waals surface area contributed by atoms with Crippen LogP contribution in [0.25, 0.3) is 0 Å². The van der Waals surface area contributed by atoms with Crippen molar-refractivity contribution in [2.24, 2.45) is 4.99 Å². The number of benzene rings is 2. The van der Waals surface area contributed by atoms with E-state index in [-0.39, 0.29) is 36.1 Å². The van der Waals surface area contributed by atoms with Gasteiger partial charge < -0.3 is 15.7 Å². The summed E-state index contributed by atoms with van der Waals surface area (Å²) in [6, 6.07) is 9.93. The SMILES string of the molecule is CCNC(=NCc1ccc(F)c(CO)c1)NCc1ccc(Cl)cc1Cl.I. The third-order valence-electron chi connectivity index (χ3n) is 3.51. The first-order chi connectivity index (χ1) is 12.0. The van der Waals surface area contributed by atoms with Gasteiger partial charge in [0.25, 0.3) is 0 Å². The zero-order valence-corrected chi connectivity index (χ0v) is 18.1. The zero-order valence-electron chi connectivity index (χ0n) is 14.2. The second kappa shape index (κ2) is 11.6. The van der Waals surface area contributed by atoms with E-state index in [1.807, 2.05) is 13.0 Å². The second-order valence-corrected chi connectivity index (χ2v) is 6.21. The van der Waals surface area contributed by atoms with Gasteiger partial charge in [-0.15, -0.1) is 24.0 Å². The normalized spacial score (nSPS) is 11.0. The maximum absolute atomic E-state index is 13.4. The maximum Gasteiger partial charge on any atom is 0.191 e. The molecule has 142 valence electrons. The quantitative estimate of drug-likeness (QED) is 0.304. The smallest absolute Gasteiger partial charge is 0.191 e. The highest BCUT2D eigenvalue weighted by Gasteiger charge is 2.05. The Balaban J connectivity index is 0.00000338. The summed E-state index contributed by atoms with van der Waals surface area (Å²) in [7, 11) is 0. The first-order valence-electron chi connectivity index (χ1n) is 7.87. The third kappa shape index (κ3) is 6.90. The number of rotatable bonds is 6. The Labute approximate surface area is 179 Å². The van der Waals surface area contributed by atoms with E-state index >= 15 is 0 Å². The minimum Gasteiger partial charge on any atom is -0.392 e. The van der Waals surface area contributed by atoms with E-state index in [9.17, 15) is 4.39 Å². The molecule has 8 heteroatoms. The van der Waals surface area contributed by atoms with Crippen molar-refractivity contribution in [2.75, 3.05) is 6.54 Å². The van der Waals surface area contributed by atoms with Gasteiger partial charge in [0.15, 0.2) is 5.96 Å². The number of hydrogen-bond donors (Lipinski definition) is 3. The lowest BCUT2D eigenvalue weighted by molar-refractivity contribution is 0.275. The molecule has 26 heavy (non-hydrogen) atoms. The van der Waals surface area contributed by atoms with E-state index in [0.717, 1.165) is 11.1 Å². The highest BCUT2D eigenvalue weighted by molar-refractivity contribution is 14.0. The monoisotopic (exact) mass is 511 g/mol. The summed E-state index contributed by atoms with van der Waals surface area (Å²) in [5.41, 5.74) is 1.98. The van der Waals surface area contributed by atoms with Crippen LogP contribution in [0, 0.1) is 5.82 Å². The van der Waals surface area contributed by atoms with Crippen LogP contribution in [-0.4, -0.2) is 17.6 Å². The average Bonchev–Trinajstić information content (AvgIpc) is 2.59. The van der Waals surface area contributed by atoms with Crippen LogP contribution in [0.1, 0.15) is 23.6 Å². The highest BCUT2D eigenvalue weighted by atomic mass is 127. The molecular weight excluding hydrogens is 491 g/mol. The van der Waals surface area contributed by atoms with E-state index in [1.165, 1.54) is 6.07 Å². The molecule has 0 heterocycles. The molecule has 2 aromatic rings. The molecule has 2 rings (SSSR count). The minimum atomic E-state index is -0.419. The van der Waals surface area contributed by atoms with Gasteiger partial charge in [0.05, 0.1) is 13.2 Å². The van der Waals surface area contributed by atoms with Crippen molar-refractivity contribution in [2.45, 2.75) is 26.6 Å². The lowest BCUT2D eigenvalue weighted by Gasteiger charge is -2.12. The molecule has 3 N–H and O–H groups in total. The molecule has 0 atom stereocenters. The van der Waals surface area contributed by atoms with Gasteiger partial charge in [-0.2, -0.15) is 0 Å². The van der Waals surface area contributed by atoms with Gasteiger partial charge in [-0.1, -0.05) is 35.3 Å². The fourth-order valence-corrected chi connectivity index (χ4v) is 2.68. The minimum absolute atomic E-state index is 0. The van der Waals surface area contributed by atoms with Crippen LogP contribution < -0.4 is 10.6 Å². The van der Waals surface area contributed by atoms with Gasteiger partial charge in [-0.25, -0.2) is 9.38 Å². The molecule has 2 aromatic carbocycles. The summed E-state index contributed by atoms with van der Waals surface area (Å²) in [6.45, 7) is 3.18. The Kier molecular flexibility index (Phi) is 10.2. The molecular formula is C18H21Cl2FIN3O. The highest BCUT2D eigenvalue weighted by Crippen LogP contribution is 2.20. The van der Waals surface area contributed by atoms with Crippen molar-refractivity contribution < 1.29 is 9.50 Å². The molecule has 0 radical (unpaired) electrons. The van der Waals surface area contributed by atoms with Crippen molar-refractivity contribution in [1.82, 2.24) is 10.6 Å². The van der Waals surface area contributed by atoms with E-state index < -0.39 is 5.82 Å². The van der Waals surface area contributed by atoms with Crippen LogP contribution in [0.2, 0.25) is 10.0 Å². The van der Waals surface area contributed by atoms with Gasteiger partial charge in [0.1, 0.15) is 5.82 Å². The van der Waals surface area contributed by atoms with Crippen LogP contribution in [-0.2, 0) is 19.7 Å². The fraction of sp³-hybridized carbons (Fsp3) is 0.278. The topological polar surface area (TPSA) is 56.7 Å². The lowest BCUT2D eigenvalue weighted by atomic mass is 10.1. The molecule has 0 aliphatic heterocycles. The molecule has 0 aliphatic rings. The Bertz CT molecular complexity index is 759. The number of nitrogens with zero attached hydrogens (tertiary/aromatic N) is 1. The molecule has 0 bridgehead atoms. The van der Waals surface area contributed by atoms with Crippen LogP contribution in [0.3, 0.4) is 0 Å². The van der Waals surface area contributed by atoms with Gasteiger partial charge >= 0.3 is 0 Å². The van der Waals surface area contributed by atoms with Crippen molar-refractivity contribution in [3.63, 3.8) is 0 Å². The first-order valence-corrected chi connectivity index (χ1v) is 8.63. The predicted molar refractivity (Wildman–Crippen MR) is 116 cm³/mol. The average molecular weight is 512 g/mol. The summed E-state index contributed by atoms with van der Waals surface area (Å²) >= 11 is 12.1. The molecule has 0 amide bonds. The van der Waals surface area contributed by atoms with Gasteiger partial charge in [0, 0.05) is 28.7 Å². The number of aliphatic hydroxyl groups is 1. The largest absolute Gasteiger partial charge is 0.392 e. The van der Waals surface area contributed by atoms with Crippen molar-refractivity contribution in [1.29, 1.82) is 0 Å². The molecule has 0 aromatic heterocycles. The maximum atomic E-state index is 13.4. The third-order valence-corrected chi connectivity index (χ3v) is 4.09. The van der Waals surface area contributed by atoms with Gasteiger partial charge in [-0.3, -0.25) is 0 Å². The molecule has 4 nitrogen and oxygen atoms in total. The van der Waals surface area contributed by atoms with Crippen molar-refractivity contribution >= 4 is 53.1 Å². The van der Waals surface area contributed by atoms with Crippen molar-refractivity contribution in [3.05, 3.63) is 69.0 Å². The summed E-state index contributed by atoms with van der Waals surface area (Å²) in [6.07, 6.45) is 0. The van der Waals surface area contributed by atoms with E-state index in [2.05, 4.69) is 15.6 Å². The number of halogens is 4. The predicted octanol–water partition coefficient (Wildman–Crippen LogP) is 4.50. The molecule has 0 unspecified atom stereocenters. The molecule has 0 aliphatic carbocycles. The fourth-order valence-electron chi connectivity index (χ4n) is 2.20. The Morgan fingerprint density at radius 2 is 1.88 bits per heavy atom. The Morgan fingerprint density at radius 3 is 2.54 bits per heavy atom. The van der Waals surface area contributed by atoms with Crippen molar-refractivity contribution in [3.8, 4) is 0 Å². The zero-order chi connectivity index (χ0) is 18.2. The Hall–Kier alpha value is -1.09. The Morgan fingerprint density at radius 1 is 1.12 bits per heavy atom. The standard InChI is InChI=1S/C18H20Cl2FN3O.HI/c1-2-22-18(24-10-13-4-5-15(19)8-16(13)20)23-9-12-3-6-17(21)14(7-12)11-25;/h3-8,25H,2,9-11H2,1H3,(H2,22,23,24);1H. The molecule has 0 saturated heterocycles. The first kappa shape index (κ1) is 23.0. The summed E-state index contributed by atoms with van der Waals surface area (Å²) in [5, 5.41) is 16.6. The number of aliphatic hydroxyl groups excluding tert-OH is 1. The van der Waals surface area contributed by atoms with Crippen LogP contribution in [0.4, 0.5) is 4.39 Å². The second-order valence-electron chi connectivity index (χ2n) is 5.37. The van der Waals surface area contributed by atoms with Crippen LogP contribution in [0.15, 0.2) is 41.4 Å². The lowest BCUT2D eigenvalue weighted by Crippen LogP contribution is -2.36. The van der Waals surface area contributed by atoms with E-state index in [4.69, 9.17) is 28.3 Å². The molecule has 0 spiro atoms.